The van der Waals surface area contributed by atoms with Gasteiger partial charge in [-0.3, -0.25) is 9.78 Å². The van der Waals surface area contributed by atoms with E-state index in [4.69, 9.17) is 4.74 Å². The Labute approximate surface area is 129 Å². The second-order valence-electron chi connectivity index (χ2n) is 5.63. The number of benzene rings is 1. The molecule has 2 N–H and O–H groups in total. The largest absolute Gasteiger partial charge is 0.457 e. The van der Waals surface area contributed by atoms with Gasteiger partial charge >= 0.3 is 0 Å². The number of hydrogen-bond acceptors (Lipinski definition) is 4. The van der Waals surface area contributed by atoms with Crippen LogP contribution in [0.1, 0.15) is 23.3 Å². The Kier molecular flexibility index (Phi) is 4.06. The van der Waals surface area contributed by atoms with Gasteiger partial charge in [-0.15, -0.1) is 0 Å². The van der Waals surface area contributed by atoms with Crippen molar-refractivity contribution in [1.29, 1.82) is 0 Å². The van der Waals surface area contributed by atoms with Crippen LogP contribution in [0, 0.1) is 5.41 Å². The summed E-state index contributed by atoms with van der Waals surface area (Å²) in [6.45, 7) is 0.589. The highest BCUT2D eigenvalue weighted by atomic mass is 16.5. The first kappa shape index (κ1) is 14.5. The van der Waals surface area contributed by atoms with Gasteiger partial charge in [-0.2, -0.15) is 0 Å². The van der Waals surface area contributed by atoms with Crippen molar-refractivity contribution >= 4 is 5.91 Å². The molecule has 1 saturated carbocycles. The van der Waals surface area contributed by atoms with Crippen LogP contribution in [0.25, 0.3) is 0 Å². The number of pyridine rings is 1. The van der Waals surface area contributed by atoms with Gasteiger partial charge in [0.15, 0.2) is 0 Å². The van der Waals surface area contributed by atoms with E-state index in [1.807, 2.05) is 30.3 Å². The van der Waals surface area contributed by atoms with E-state index in [0.717, 1.165) is 12.8 Å². The van der Waals surface area contributed by atoms with Crippen LogP contribution < -0.4 is 10.1 Å². The van der Waals surface area contributed by atoms with Crippen molar-refractivity contribution in [3.63, 3.8) is 0 Å². The maximum Gasteiger partial charge on any atom is 0.270 e. The first-order chi connectivity index (χ1) is 10.7. The minimum Gasteiger partial charge on any atom is -0.457 e. The Bertz CT molecular complexity index is 654. The van der Waals surface area contributed by atoms with Crippen LogP contribution in [-0.2, 0) is 0 Å². The van der Waals surface area contributed by atoms with E-state index < -0.39 is 0 Å². The van der Waals surface area contributed by atoms with Crippen molar-refractivity contribution in [3.8, 4) is 11.5 Å². The lowest BCUT2D eigenvalue weighted by Gasteiger charge is -2.12. The fraction of sp³-hybridized carbons (Fsp3) is 0.294. The second-order valence-corrected chi connectivity index (χ2v) is 5.63. The monoisotopic (exact) mass is 298 g/mol. The van der Waals surface area contributed by atoms with Crippen molar-refractivity contribution < 1.29 is 14.6 Å². The molecule has 3 rings (SSSR count). The molecule has 0 bridgehead atoms. The zero-order valence-electron chi connectivity index (χ0n) is 12.2. The van der Waals surface area contributed by atoms with Gasteiger partial charge in [0.25, 0.3) is 5.91 Å². The summed E-state index contributed by atoms with van der Waals surface area (Å²) in [6.07, 6.45) is 3.45. The van der Waals surface area contributed by atoms with E-state index >= 15 is 0 Å². The maximum atomic E-state index is 12.1. The molecule has 1 aromatic carbocycles. The number of carbonyl (C=O) groups is 1. The molecule has 114 valence electrons. The summed E-state index contributed by atoms with van der Waals surface area (Å²) in [5.41, 5.74) is 0.190. The minimum atomic E-state index is -0.252. The lowest BCUT2D eigenvalue weighted by Crippen LogP contribution is -2.32. The average Bonchev–Trinajstić information content (AvgIpc) is 3.34. The van der Waals surface area contributed by atoms with E-state index in [1.54, 1.807) is 18.3 Å². The molecule has 1 aromatic heterocycles. The van der Waals surface area contributed by atoms with Gasteiger partial charge in [0, 0.05) is 24.2 Å². The first-order valence-electron chi connectivity index (χ1n) is 7.29. The third-order valence-electron chi connectivity index (χ3n) is 3.86. The minimum absolute atomic E-state index is 0.109. The van der Waals surface area contributed by atoms with Gasteiger partial charge < -0.3 is 15.2 Å². The van der Waals surface area contributed by atoms with Gasteiger partial charge in [-0.05, 0) is 31.0 Å². The third kappa shape index (κ3) is 3.43. The Morgan fingerprint density at radius 2 is 2.00 bits per heavy atom. The van der Waals surface area contributed by atoms with E-state index in [9.17, 15) is 9.90 Å². The molecule has 1 fully saturated rings. The van der Waals surface area contributed by atoms with E-state index in [0.29, 0.717) is 23.7 Å². The molecular weight excluding hydrogens is 280 g/mol. The molecule has 0 saturated heterocycles. The number of aliphatic hydroxyl groups excluding tert-OH is 1. The van der Waals surface area contributed by atoms with E-state index in [1.165, 1.54) is 0 Å². The third-order valence-corrected chi connectivity index (χ3v) is 3.86. The van der Waals surface area contributed by atoms with Crippen molar-refractivity contribution in [3.05, 3.63) is 54.4 Å². The molecule has 0 atom stereocenters. The molecule has 0 aliphatic heterocycles. The molecule has 1 heterocycles. The van der Waals surface area contributed by atoms with Gasteiger partial charge in [0.05, 0.1) is 6.61 Å². The van der Waals surface area contributed by atoms with Crippen LogP contribution in [0.3, 0.4) is 0 Å². The summed E-state index contributed by atoms with van der Waals surface area (Å²) in [6, 6.07) is 12.7. The number of amides is 1. The Morgan fingerprint density at radius 3 is 2.68 bits per heavy atom. The normalized spacial score (nSPS) is 15.1. The maximum absolute atomic E-state index is 12.1. The van der Waals surface area contributed by atoms with Crippen LogP contribution in [0.15, 0.2) is 48.7 Å². The molecule has 0 radical (unpaired) electrons. The van der Waals surface area contributed by atoms with Crippen LogP contribution in [0.2, 0.25) is 0 Å². The van der Waals surface area contributed by atoms with Gasteiger partial charge in [0.1, 0.15) is 17.2 Å². The Hall–Kier alpha value is -2.40. The zero-order valence-corrected chi connectivity index (χ0v) is 12.2. The van der Waals surface area contributed by atoms with Crippen molar-refractivity contribution in [2.75, 3.05) is 13.2 Å². The topological polar surface area (TPSA) is 71.5 Å². The van der Waals surface area contributed by atoms with Crippen molar-refractivity contribution in [1.82, 2.24) is 10.3 Å². The predicted molar refractivity (Wildman–Crippen MR) is 81.8 cm³/mol. The predicted octanol–water partition coefficient (Wildman–Crippen LogP) is 2.38. The number of nitrogens with zero attached hydrogens (tertiary/aromatic N) is 1. The van der Waals surface area contributed by atoms with Gasteiger partial charge in [-0.25, -0.2) is 0 Å². The number of ether oxygens (including phenoxy) is 1. The smallest absolute Gasteiger partial charge is 0.270 e. The summed E-state index contributed by atoms with van der Waals surface area (Å²) in [4.78, 5) is 16.2. The number of para-hydroxylation sites is 1. The SMILES string of the molecule is O=C(NCC1(CO)CC1)c1cc(Oc2ccccc2)ccn1. The lowest BCUT2D eigenvalue weighted by atomic mass is 10.1. The number of hydrogen-bond donors (Lipinski definition) is 2. The zero-order chi connectivity index (χ0) is 15.4. The summed E-state index contributed by atoms with van der Waals surface area (Å²) in [7, 11) is 0. The fourth-order valence-corrected chi connectivity index (χ4v) is 2.15. The highest BCUT2D eigenvalue weighted by molar-refractivity contribution is 5.92. The molecule has 0 unspecified atom stereocenters. The van der Waals surface area contributed by atoms with Crippen LogP contribution in [0.5, 0.6) is 11.5 Å². The molecule has 0 spiro atoms. The van der Waals surface area contributed by atoms with Crippen molar-refractivity contribution in [2.24, 2.45) is 5.41 Å². The first-order valence-corrected chi connectivity index (χ1v) is 7.29. The standard InChI is InChI=1S/C17H18N2O3/c20-12-17(7-8-17)11-19-16(21)15-10-14(6-9-18-15)22-13-4-2-1-3-5-13/h1-6,9-10,20H,7-8,11-12H2,(H,19,21). The Morgan fingerprint density at radius 1 is 1.23 bits per heavy atom. The molecule has 5 nitrogen and oxygen atoms in total. The molecule has 2 aromatic rings. The van der Waals surface area contributed by atoms with Gasteiger partial charge in [-0.1, -0.05) is 18.2 Å². The summed E-state index contributed by atoms with van der Waals surface area (Å²) >= 11 is 0. The Balaban J connectivity index is 1.64. The highest BCUT2D eigenvalue weighted by Gasteiger charge is 2.42. The van der Waals surface area contributed by atoms with Crippen LogP contribution in [0.4, 0.5) is 0 Å². The molecule has 1 amide bonds. The lowest BCUT2D eigenvalue weighted by molar-refractivity contribution is 0.0930. The average molecular weight is 298 g/mol. The summed E-state index contributed by atoms with van der Waals surface area (Å²) < 4.78 is 5.69. The highest BCUT2D eigenvalue weighted by Crippen LogP contribution is 2.44. The molecular formula is C17H18N2O3. The molecule has 5 heteroatoms. The number of rotatable bonds is 6. The van der Waals surface area contributed by atoms with E-state index in [2.05, 4.69) is 10.3 Å². The summed E-state index contributed by atoms with van der Waals surface area (Å²) in [5, 5.41) is 12.1. The number of carbonyl (C=O) groups excluding carboxylic acids is 1. The van der Waals surface area contributed by atoms with Gasteiger partial charge in [0.2, 0.25) is 0 Å². The molecule has 1 aliphatic carbocycles. The van der Waals surface area contributed by atoms with Crippen LogP contribution >= 0.6 is 0 Å². The number of nitrogens with one attached hydrogen (secondary N) is 1. The van der Waals surface area contributed by atoms with Crippen molar-refractivity contribution in [2.45, 2.75) is 12.8 Å². The number of aromatic nitrogens is 1. The second kappa shape index (κ2) is 6.15. The quantitative estimate of drug-likeness (QED) is 0.859. The van der Waals surface area contributed by atoms with Crippen LogP contribution in [-0.4, -0.2) is 29.1 Å². The number of aliphatic hydroxyl groups is 1. The van der Waals surface area contributed by atoms with E-state index in [-0.39, 0.29) is 17.9 Å². The summed E-state index contributed by atoms with van der Waals surface area (Å²) in [5.74, 6) is 1.02. The molecule has 22 heavy (non-hydrogen) atoms. The fourth-order valence-electron chi connectivity index (χ4n) is 2.15. The molecule has 1 aliphatic rings.